The van der Waals surface area contributed by atoms with Gasteiger partial charge >= 0.3 is 0 Å². The van der Waals surface area contributed by atoms with Crippen molar-refractivity contribution >= 4 is 0 Å². The Morgan fingerprint density at radius 2 is 1.94 bits per heavy atom. The van der Waals surface area contributed by atoms with Crippen LogP contribution in [0, 0.1) is 11.8 Å². The number of rotatable bonds is 3. The lowest BCUT2D eigenvalue weighted by atomic mass is 9.79. The number of aliphatic hydroxyl groups excluding tert-OH is 1. The molecule has 1 aliphatic heterocycles. The van der Waals surface area contributed by atoms with Crippen LogP contribution in [0.1, 0.15) is 39.5 Å². The van der Waals surface area contributed by atoms with Gasteiger partial charge in [-0.1, -0.05) is 13.8 Å². The number of aliphatic hydroxyl groups is 1. The first kappa shape index (κ1) is 13.3. The maximum Gasteiger partial charge on any atom is 0.0613 e. The summed E-state index contributed by atoms with van der Waals surface area (Å²) in [6.45, 7) is 7.50. The largest absolute Gasteiger partial charge is 0.394 e. The van der Waals surface area contributed by atoms with Gasteiger partial charge in [0.2, 0.25) is 0 Å². The van der Waals surface area contributed by atoms with Gasteiger partial charge in [-0.15, -0.1) is 0 Å². The van der Waals surface area contributed by atoms with Crippen molar-refractivity contribution in [2.75, 3.05) is 26.7 Å². The van der Waals surface area contributed by atoms with E-state index in [1.165, 1.54) is 25.9 Å². The summed E-state index contributed by atoms with van der Waals surface area (Å²) < 4.78 is 0. The molecule has 3 heteroatoms. The highest BCUT2D eigenvalue weighted by molar-refractivity contribution is 4.97. The van der Waals surface area contributed by atoms with Gasteiger partial charge in [0, 0.05) is 24.7 Å². The molecule has 17 heavy (non-hydrogen) atoms. The molecule has 0 aromatic carbocycles. The van der Waals surface area contributed by atoms with E-state index in [9.17, 15) is 5.11 Å². The Labute approximate surface area is 106 Å². The van der Waals surface area contributed by atoms with Crippen LogP contribution in [0.25, 0.3) is 0 Å². The minimum Gasteiger partial charge on any atom is -0.394 e. The first-order valence-corrected chi connectivity index (χ1v) is 7.14. The van der Waals surface area contributed by atoms with Crippen LogP contribution in [0.5, 0.6) is 0 Å². The molecular formula is C14H28N2O. The molecule has 2 aliphatic rings. The minimum atomic E-state index is -0.0159. The molecule has 0 aromatic heterocycles. The number of hydrogen-bond acceptors (Lipinski definition) is 3. The smallest absolute Gasteiger partial charge is 0.0613 e. The lowest BCUT2D eigenvalue weighted by Crippen LogP contribution is -2.54. The maximum atomic E-state index is 9.63. The monoisotopic (exact) mass is 240 g/mol. The van der Waals surface area contributed by atoms with Crippen molar-refractivity contribution in [3.8, 4) is 0 Å². The molecule has 1 saturated heterocycles. The molecule has 0 spiro atoms. The Hall–Kier alpha value is -0.120. The zero-order valence-electron chi connectivity index (χ0n) is 11.6. The van der Waals surface area contributed by atoms with Crippen molar-refractivity contribution in [2.45, 2.75) is 51.1 Å². The van der Waals surface area contributed by atoms with Crippen LogP contribution < -0.4 is 5.32 Å². The van der Waals surface area contributed by atoms with Gasteiger partial charge in [0.25, 0.3) is 0 Å². The second kappa shape index (κ2) is 5.25. The van der Waals surface area contributed by atoms with Crippen LogP contribution in [0.15, 0.2) is 0 Å². The zero-order valence-corrected chi connectivity index (χ0v) is 11.6. The van der Waals surface area contributed by atoms with E-state index < -0.39 is 0 Å². The van der Waals surface area contributed by atoms with Crippen LogP contribution >= 0.6 is 0 Å². The average Bonchev–Trinajstić information content (AvgIpc) is 2.70. The van der Waals surface area contributed by atoms with E-state index >= 15 is 0 Å². The van der Waals surface area contributed by atoms with E-state index in [2.05, 4.69) is 24.1 Å². The van der Waals surface area contributed by atoms with E-state index in [-0.39, 0.29) is 12.1 Å². The van der Waals surface area contributed by atoms with Crippen molar-refractivity contribution in [1.82, 2.24) is 10.2 Å². The highest BCUT2D eigenvalue weighted by Gasteiger charge is 2.39. The van der Waals surface area contributed by atoms with E-state index in [0.717, 1.165) is 24.7 Å². The van der Waals surface area contributed by atoms with Gasteiger partial charge in [0.05, 0.1) is 6.61 Å². The summed E-state index contributed by atoms with van der Waals surface area (Å²) in [6, 6.07) is 0.677. The van der Waals surface area contributed by atoms with Crippen LogP contribution in [0.3, 0.4) is 0 Å². The van der Waals surface area contributed by atoms with Gasteiger partial charge in [-0.25, -0.2) is 0 Å². The summed E-state index contributed by atoms with van der Waals surface area (Å²) in [4.78, 5) is 2.66. The predicted octanol–water partition coefficient (Wildman–Crippen LogP) is 1.47. The molecule has 3 nitrogen and oxygen atoms in total. The van der Waals surface area contributed by atoms with Crippen molar-refractivity contribution < 1.29 is 5.11 Å². The zero-order chi connectivity index (χ0) is 12.5. The molecule has 4 atom stereocenters. The maximum absolute atomic E-state index is 9.63. The summed E-state index contributed by atoms with van der Waals surface area (Å²) in [5.74, 6) is 1.66. The van der Waals surface area contributed by atoms with Gasteiger partial charge in [0.1, 0.15) is 0 Å². The van der Waals surface area contributed by atoms with E-state index in [0.29, 0.717) is 6.04 Å². The Bertz CT molecular complexity index is 243. The molecule has 1 heterocycles. The van der Waals surface area contributed by atoms with Crippen LogP contribution in [0.2, 0.25) is 0 Å². The molecule has 4 unspecified atom stereocenters. The summed E-state index contributed by atoms with van der Waals surface area (Å²) in [5.41, 5.74) is -0.0159. The van der Waals surface area contributed by atoms with Crippen LogP contribution in [-0.2, 0) is 0 Å². The fraction of sp³-hybridized carbons (Fsp3) is 1.00. The van der Waals surface area contributed by atoms with Gasteiger partial charge in [-0.05, 0) is 44.6 Å². The molecule has 2 rings (SSSR count). The number of nitrogens with one attached hydrogen (secondary N) is 1. The lowest BCUT2D eigenvalue weighted by Gasteiger charge is -2.43. The summed E-state index contributed by atoms with van der Waals surface area (Å²) in [7, 11) is 1.99. The Morgan fingerprint density at radius 1 is 1.29 bits per heavy atom. The third kappa shape index (κ3) is 2.67. The number of likely N-dealkylation sites (tertiary alicyclic amines) is 1. The quantitative estimate of drug-likeness (QED) is 0.784. The summed E-state index contributed by atoms with van der Waals surface area (Å²) in [6.07, 6.45) is 4.78. The highest BCUT2D eigenvalue weighted by atomic mass is 16.3. The highest BCUT2D eigenvalue weighted by Crippen LogP contribution is 2.34. The first-order valence-electron chi connectivity index (χ1n) is 7.14. The summed E-state index contributed by atoms with van der Waals surface area (Å²) in [5, 5.41) is 13.0. The molecule has 2 fully saturated rings. The molecular weight excluding hydrogens is 212 g/mol. The van der Waals surface area contributed by atoms with Crippen molar-refractivity contribution in [3.05, 3.63) is 0 Å². The fourth-order valence-electron chi connectivity index (χ4n) is 3.57. The standard InChI is InChI=1S/C14H28N2O/c1-11-8-16(9-12(11)2)13-5-4-6-14(7-13,10-17)15-3/h11-13,15,17H,4-10H2,1-3H3. The van der Waals surface area contributed by atoms with Crippen LogP contribution in [-0.4, -0.2) is 48.3 Å². The molecule has 1 aliphatic carbocycles. The van der Waals surface area contributed by atoms with Gasteiger partial charge in [-0.2, -0.15) is 0 Å². The van der Waals surface area contributed by atoms with Crippen LogP contribution in [0.4, 0.5) is 0 Å². The Balaban J connectivity index is 1.98. The SMILES string of the molecule is CNC1(CO)CCCC(N2CC(C)C(C)C2)C1. The third-order valence-electron chi connectivity index (χ3n) is 5.18. The summed E-state index contributed by atoms with van der Waals surface area (Å²) >= 11 is 0. The molecule has 0 bridgehead atoms. The normalized spacial score (nSPS) is 44.1. The van der Waals surface area contributed by atoms with Gasteiger partial charge in [-0.3, -0.25) is 4.90 Å². The third-order valence-corrected chi connectivity index (χ3v) is 5.18. The van der Waals surface area contributed by atoms with E-state index in [1.54, 1.807) is 0 Å². The van der Waals surface area contributed by atoms with E-state index in [4.69, 9.17) is 0 Å². The Morgan fingerprint density at radius 3 is 2.47 bits per heavy atom. The minimum absolute atomic E-state index is 0.0159. The molecule has 0 radical (unpaired) electrons. The Kier molecular flexibility index (Phi) is 4.11. The van der Waals surface area contributed by atoms with Crippen molar-refractivity contribution in [1.29, 1.82) is 0 Å². The predicted molar refractivity (Wildman–Crippen MR) is 71.0 cm³/mol. The van der Waals surface area contributed by atoms with E-state index in [1.807, 2.05) is 7.05 Å². The number of likely N-dealkylation sites (N-methyl/N-ethyl adjacent to an activating group) is 1. The van der Waals surface area contributed by atoms with Crippen molar-refractivity contribution in [3.63, 3.8) is 0 Å². The molecule has 2 N–H and O–H groups in total. The molecule has 0 aromatic rings. The molecule has 100 valence electrons. The fourth-order valence-corrected chi connectivity index (χ4v) is 3.57. The second-order valence-electron chi connectivity index (χ2n) is 6.35. The molecule has 1 saturated carbocycles. The van der Waals surface area contributed by atoms with Gasteiger partial charge in [0.15, 0.2) is 0 Å². The molecule has 0 amide bonds. The topological polar surface area (TPSA) is 35.5 Å². The van der Waals surface area contributed by atoms with Gasteiger partial charge < -0.3 is 10.4 Å². The average molecular weight is 240 g/mol. The first-order chi connectivity index (χ1) is 8.10. The number of nitrogens with zero attached hydrogens (tertiary/aromatic N) is 1. The van der Waals surface area contributed by atoms with Crippen molar-refractivity contribution in [2.24, 2.45) is 11.8 Å². The number of hydrogen-bond donors (Lipinski definition) is 2. The lowest BCUT2D eigenvalue weighted by molar-refractivity contribution is 0.0719. The second-order valence-corrected chi connectivity index (χ2v) is 6.35.